The quantitative estimate of drug-likeness (QED) is 0.819. The fourth-order valence-electron chi connectivity index (χ4n) is 1.65. The molecule has 0 atom stereocenters. The second-order valence-corrected chi connectivity index (χ2v) is 5.28. The number of carboxylic acids is 1. The number of aromatic carboxylic acids is 1. The molecule has 1 heterocycles. The predicted molar refractivity (Wildman–Crippen MR) is 78.4 cm³/mol. The molecule has 0 fully saturated rings. The molecule has 4 nitrogen and oxygen atoms in total. The Morgan fingerprint density at radius 2 is 2.11 bits per heavy atom. The zero-order valence-electron chi connectivity index (χ0n) is 9.95. The standard InChI is InChI=1S/C13H10BrClN2O2/c1-7-4-8(14)6-9(5-7)16-12-10(13(18)19)2-3-11(15)17-12/h2-6H,1H3,(H,16,17)(H,18,19). The van der Waals surface area contributed by atoms with Gasteiger partial charge in [0.1, 0.15) is 16.5 Å². The SMILES string of the molecule is Cc1cc(Br)cc(Nc2nc(Cl)ccc2C(=O)O)c1. The Kier molecular flexibility index (Phi) is 4.07. The lowest BCUT2D eigenvalue weighted by molar-refractivity contribution is 0.0697. The predicted octanol–water partition coefficient (Wildman–Crippen LogP) is 4.25. The summed E-state index contributed by atoms with van der Waals surface area (Å²) in [4.78, 5) is 15.1. The molecule has 0 aliphatic carbocycles. The summed E-state index contributed by atoms with van der Waals surface area (Å²) in [5.41, 5.74) is 1.85. The van der Waals surface area contributed by atoms with Gasteiger partial charge in [0.05, 0.1) is 0 Å². The van der Waals surface area contributed by atoms with E-state index in [1.807, 2.05) is 25.1 Å². The van der Waals surface area contributed by atoms with Gasteiger partial charge in [0.2, 0.25) is 0 Å². The molecule has 0 spiro atoms. The number of nitrogens with one attached hydrogen (secondary N) is 1. The van der Waals surface area contributed by atoms with Crippen LogP contribution in [-0.4, -0.2) is 16.1 Å². The minimum absolute atomic E-state index is 0.0713. The number of pyridine rings is 1. The van der Waals surface area contributed by atoms with Gasteiger partial charge in [0.25, 0.3) is 0 Å². The molecule has 2 aromatic rings. The average molecular weight is 342 g/mol. The Morgan fingerprint density at radius 3 is 2.74 bits per heavy atom. The van der Waals surface area contributed by atoms with E-state index in [9.17, 15) is 4.79 Å². The summed E-state index contributed by atoms with van der Waals surface area (Å²) in [5, 5.41) is 12.3. The van der Waals surface area contributed by atoms with Gasteiger partial charge in [-0.15, -0.1) is 0 Å². The number of anilines is 2. The molecule has 0 saturated heterocycles. The van der Waals surface area contributed by atoms with Crippen molar-refractivity contribution in [2.24, 2.45) is 0 Å². The molecule has 1 aromatic carbocycles. The van der Waals surface area contributed by atoms with Gasteiger partial charge in [-0.3, -0.25) is 0 Å². The van der Waals surface area contributed by atoms with E-state index in [2.05, 4.69) is 26.2 Å². The Bertz CT molecular complexity index is 626. The summed E-state index contributed by atoms with van der Waals surface area (Å²) in [6, 6.07) is 8.54. The summed E-state index contributed by atoms with van der Waals surface area (Å²) in [6.07, 6.45) is 0. The zero-order valence-corrected chi connectivity index (χ0v) is 12.3. The van der Waals surface area contributed by atoms with Gasteiger partial charge in [-0.05, 0) is 42.8 Å². The summed E-state index contributed by atoms with van der Waals surface area (Å²) >= 11 is 9.18. The molecule has 0 bridgehead atoms. The third-order valence-electron chi connectivity index (χ3n) is 2.40. The first kappa shape index (κ1) is 13.8. The van der Waals surface area contributed by atoms with Crippen LogP contribution in [0.2, 0.25) is 5.15 Å². The Hall–Kier alpha value is -1.59. The molecule has 0 radical (unpaired) electrons. The smallest absolute Gasteiger partial charge is 0.339 e. The molecule has 2 N–H and O–H groups in total. The van der Waals surface area contributed by atoms with Crippen molar-refractivity contribution in [3.05, 3.63) is 51.1 Å². The van der Waals surface area contributed by atoms with Crippen LogP contribution in [0, 0.1) is 6.92 Å². The number of nitrogens with zero attached hydrogens (tertiary/aromatic N) is 1. The molecule has 0 saturated carbocycles. The topological polar surface area (TPSA) is 62.2 Å². The van der Waals surface area contributed by atoms with Gasteiger partial charge in [0, 0.05) is 10.2 Å². The Labute approximate surface area is 123 Å². The van der Waals surface area contributed by atoms with Crippen LogP contribution in [-0.2, 0) is 0 Å². The third kappa shape index (κ3) is 3.45. The van der Waals surface area contributed by atoms with Crippen LogP contribution >= 0.6 is 27.5 Å². The number of carboxylic acid groups (broad SMARTS) is 1. The van der Waals surface area contributed by atoms with Crippen molar-refractivity contribution in [3.8, 4) is 0 Å². The highest BCUT2D eigenvalue weighted by molar-refractivity contribution is 9.10. The molecular weight excluding hydrogens is 332 g/mol. The molecule has 0 aliphatic heterocycles. The van der Waals surface area contributed by atoms with Gasteiger partial charge in [-0.2, -0.15) is 0 Å². The maximum atomic E-state index is 11.1. The maximum absolute atomic E-state index is 11.1. The monoisotopic (exact) mass is 340 g/mol. The zero-order chi connectivity index (χ0) is 14.0. The molecule has 0 unspecified atom stereocenters. The van der Waals surface area contributed by atoms with Crippen molar-refractivity contribution < 1.29 is 9.90 Å². The van der Waals surface area contributed by atoms with Crippen molar-refractivity contribution in [2.45, 2.75) is 6.92 Å². The number of rotatable bonds is 3. The number of hydrogen-bond acceptors (Lipinski definition) is 3. The Balaban J connectivity index is 2.42. The lowest BCUT2D eigenvalue weighted by Gasteiger charge is -2.10. The number of benzene rings is 1. The van der Waals surface area contributed by atoms with E-state index >= 15 is 0 Å². The van der Waals surface area contributed by atoms with Gasteiger partial charge < -0.3 is 10.4 Å². The van der Waals surface area contributed by atoms with Crippen molar-refractivity contribution in [2.75, 3.05) is 5.32 Å². The van der Waals surface area contributed by atoms with Gasteiger partial charge in [-0.25, -0.2) is 9.78 Å². The van der Waals surface area contributed by atoms with E-state index in [1.54, 1.807) is 0 Å². The molecular formula is C13H10BrClN2O2. The van der Waals surface area contributed by atoms with Crippen molar-refractivity contribution in [1.29, 1.82) is 0 Å². The van der Waals surface area contributed by atoms with Crippen LogP contribution < -0.4 is 5.32 Å². The van der Waals surface area contributed by atoms with Crippen molar-refractivity contribution >= 4 is 45.0 Å². The first-order valence-electron chi connectivity index (χ1n) is 5.40. The van der Waals surface area contributed by atoms with Gasteiger partial charge in [-0.1, -0.05) is 27.5 Å². The van der Waals surface area contributed by atoms with E-state index in [-0.39, 0.29) is 16.5 Å². The van der Waals surface area contributed by atoms with Crippen LogP contribution in [0.15, 0.2) is 34.8 Å². The fourth-order valence-corrected chi connectivity index (χ4v) is 2.40. The second-order valence-electron chi connectivity index (χ2n) is 3.98. The Morgan fingerprint density at radius 1 is 1.37 bits per heavy atom. The lowest BCUT2D eigenvalue weighted by Crippen LogP contribution is -2.05. The maximum Gasteiger partial charge on any atom is 0.339 e. The normalized spacial score (nSPS) is 10.3. The third-order valence-corrected chi connectivity index (χ3v) is 3.06. The number of carbonyl (C=O) groups is 1. The first-order valence-corrected chi connectivity index (χ1v) is 6.57. The van der Waals surface area contributed by atoms with E-state index in [4.69, 9.17) is 16.7 Å². The number of hydrogen-bond donors (Lipinski definition) is 2. The summed E-state index contributed by atoms with van der Waals surface area (Å²) < 4.78 is 0.897. The highest BCUT2D eigenvalue weighted by Gasteiger charge is 2.12. The van der Waals surface area contributed by atoms with E-state index in [1.165, 1.54) is 12.1 Å². The summed E-state index contributed by atoms with van der Waals surface area (Å²) in [6.45, 7) is 1.94. The molecule has 0 amide bonds. The summed E-state index contributed by atoms with van der Waals surface area (Å²) in [7, 11) is 0. The average Bonchev–Trinajstić information content (AvgIpc) is 2.26. The molecule has 0 aliphatic rings. The molecule has 1 aromatic heterocycles. The second kappa shape index (κ2) is 5.59. The minimum atomic E-state index is -1.06. The van der Waals surface area contributed by atoms with Crippen LogP contribution in [0.25, 0.3) is 0 Å². The van der Waals surface area contributed by atoms with Crippen LogP contribution in [0.5, 0.6) is 0 Å². The number of aromatic nitrogens is 1. The summed E-state index contributed by atoms with van der Waals surface area (Å²) in [5.74, 6) is -0.837. The molecule has 19 heavy (non-hydrogen) atoms. The van der Waals surface area contributed by atoms with Crippen molar-refractivity contribution in [3.63, 3.8) is 0 Å². The van der Waals surface area contributed by atoms with Crippen LogP contribution in [0.4, 0.5) is 11.5 Å². The molecule has 98 valence electrons. The van der Waals surface area contributed by atoms with E-state index in [0.29, 0.717) is 0 Å². The molecule has 2 rings (SSSR count). The first-order chi connectivity index (χ1) is 8.95. The highest BCUT2D eigenvalue weighted by atomic mass is 79.9. The van der Waals surface area contributed by atoms with Crippen LogP contribution in [0.3, 0.4) is 0 Å². The van der Waals surface area contributed by atoms with Gasteiger partial charge in [0.15, 0.2) is 0 Å². The van der Waals surface area contributed by atoms with Crippen LogP contribution in [0.1, 0.15) is 15.9 Å². The van der Waals surface area contributed by atoms with E-state index in [0.717, 1.165) is 15.7 Å². The van der Waals surface area contributed by atoms with Crippen molar-refractivity contribution in [1.82, 2.24) is 4.98 Å². The molecule has 6 heteroatoms. The van der Waals surface area contributed by atoms with E-state index < -0.39 is 5.97 Å². The number of aryl methyl sites for hydroxylation is 1. The minimum Gasteiger partial charge on any atom is -0.478 e. The van der Waals surface area contributed by atoms with Gasteiger partial charge >= 0.3 is 5.97 Å². The lowest BCUT2D eigenvalue weighted by atomic mass is 10.2. The fraction of sp³-hybridized carbons (Fsp3) is 0.0769. The highest BCUT2D eigenvalue weighted by Crippen LogP contribution is 2.25. The number of halogens is 2. The largest absolute Gasteiger partial charge is 0.478 e.